The fourth-order valence-electron chi connectivity index (χ4n) is 5.03. The number of anilines is 2. The summed E-state index contributed by atoms with van der Waals surface area (Å²) in [6, 6.07) is 15.7. The van der Waals surface area contributed by atoms with E-state index in [1.165, 1.54) is 0 Å². The van der Waals surface area contributed by atoms with E-state index < -0.39 is 0 Å². The van der Waals surface area contributed by atoms with E-state index in [9.17, 15) is 9.59 Å². The molecule has 1 aliphatic carbocycles. The van der Waals surface area contributed by atoms with E-state index in [0.717, 1.165) is 47.5 Å². The first-order chi connectivity index (χ1) is 17.9. The Morgan fingerprint density at radius 1 is 1.16 bits per heavy atom. The van der Waals surface area contributed by atoms with Crippen molar-refractivity contribution in [3.8, 4) is 5.75 Å². The van der Waals surface area contributed by atoms with E-state index >= 15 is 0 Å². The minimum Gasteiger partial charge on any atom is -0.497 e. The smallest absolute Gasteiger partial charge is 0.407 e. The molecule has 2 aromatic carbocycles. The van der Waals surface area contributed by atoms with Crippen molar-refractivity contribution < 1.29 is 19.1 Å². The number of ether oxygens (including phenoxy) is 2. The molecule has 0 unspecified atom stereocenters. The second-order valence-corrected chi connectivity index (χ2v) is 10.1. The number of hydrogen-bond acceptors (Lipinski definition) is 6. The molecular weight excluding hydrogens is 470 g/mol. The summed E-state index contributed by atoms with van der Waals surface area (Å²) in [6.45, 7) is 4.96. The van der Waals surface area contributed by atoms with Crippen LogP contribution in [-0.4, -0.2) is 46.4 Å². The number of nitrogens with one attached hydrogen (secondary N) is 3. The third-order valence-corrected chi connectivity index (χ3v) is 6.90. The Labute approximate surface area is 216 Å². The van der Waals surface area contributed by atoms with Gasteiger partial charge in [0.15, 0.2) is 5.82 Å². The second kappa shape index (κ2) is 10.5. The fourth-order valence-corrected chi connectivity index (χ4v) is 5.03. The van der Waals surface area contributed by atoms with Crippen molar-refractivity contribution >= 4 is 23.5 Å². The molecule has 0 saturated heterocycles. The molecule has 1 fully saturated rings. The highest BCUT2D eigenvalue weighted by Crippen LogP contribution is 2.36. The van der Waals surface area contributed by atoms with Crippen LogP contribution in [0.1, 0.15) is 66.2 Å². The van der Waals surface area contributed by atoms with Gasteiger partial charge in [-0.3, -0.25) is 9.89 Å². The van der Waals surface area contributed by atoms with Gasteiger partial charge in [0.25, 0.3) is 5.91 Å². The third kappa shape index (κ3) is 5.71. The molecule has 9 heteroatoms. The van der Waals surface area contributed by atoms with Crippen LogP contribution in [0, 0.1) is 0 Å². The zero-order valence-electron chi connectivity index (χ0n) is 21.4. The Hall–Kier alpha value is -4.01. The second-order valence-electron chi connectivity index (χ2n) is 10.1. The van der Waals surface area contributed by atoms with E-state index in [1.807, 2.05) is 67.3 Å². The fraction of sp³-hybridized carbons (Fsp3) is 0.393. The average molecular weight is 504 g/mol. The lowest BCUT2D eigenvalue weighted by Gasteiger charge is -2.15. The number of carbonyl (C=O) groups excluding carboxylic acids is 2. The predicted octanol–water partition coefficient (Wildman–Crippen LogP) is 5.09. The molecule has 5 rings (SSSR count). The number of methoxy groups -OCH3 is 1. The minimum atomic E-state index is -0.360. The van der Waals surface area contributed by atoms with Gasteiger partial charge in [-0.1, -0.05) is 18.2 Å². The molecule has 1 aliphatic heterocycles. The summed E-state index contributed by atoms with van der Waals surface area (Å²) in [5.74, 6) is 1.77. The number of hydrogen-bond donors (Lipinski definition) is 3. The van der Waals surface area contributed by atoms with Gasteiger partial charge in [0.05, 0.1) is 7.11 Å². The SMILES string of the molecule is COc1ccc(CN2Cc3ccc(Nc4cc([C@H]5CC[C@@H](OC(=O)NC(C)C)C5)[nH]n4)cc3C2=O)cc1. The van der Waals surface area contributed by atoms with Crippen LogP contribution in [0.2, 0.25) is 0 Å². The van der Waals surface area contributed by atoms with Gasteiger partial charge in [-0.2, -0.15) is 5.10 Å². The van der Waals surface area contributed by atoms with Crippen LogP contribution in [0.15, 0.2) is 48.5 Å². The number of carbonyl (C=O) groups is 2. The first kappa shape index (κ1) is 24.7. The van der Waals surface area contributed by atoms with Gasteiger partial charge in [-0.05, 0) is 68.5 Å². The molecule has 1 saturated carbocycles. The van der Waals surface area contributed by atoms with E-state index in [-0.39, 0.29) is 30.1 Å². The Kier molecular flexibility index (Phi) is 7.03. The van der Waals surface area contributed by atoms with Crippen LogP contribution in [0.5, 0.6) is 5.75 Å². The summed E-state index contributed by atoms with van der Waals surface area (Å²) < 4.78 is 10.8. The van der Waals surface area contributed by atoms with Crippen molar-refractivity contribution in [2.45, 2.75) is 64.3 Å². The minimum absolute atomic E-state index is 0.0238. The largest absolute Gasteiger partial charge is 0.497 e. The lowest BCUT2D eigenvalue weighted by atomic mass is 10.0. The van der Waals surface area contributed by atoms with Gasteiger partial charge < -0.3 is 25.0 Å². The number of H-pyrrole nitrogens is 1. The molecule has 0 bridgehead atoms. The van der Waals surface area contributed by atoms with Gasteiger partial charge in [0, 0.05) is 48.1 Å². The van der Waals surface area contributed by atoms with Crippen LogP contribution >= 0.6 is 0 Å². The number of amides is 2. The van der Waals surface area contributed by atoms with Crippen molar-refractivity contribution in [3.63, 3.8) is 0 Å². The van der Waals surface area contributed by atoms with Crippen molar-refractivity contribution in [1.29, 1.82) is 0 Å². The van der Waals surface area contributed by atoms with Crippen molar-refractivity contribution in [2.24, 2.45) is 0 Å². The molecule has 0 spiro atoms. The van der Waals surface area contributed by atoms with Crippen LogP contribution < -0.4 is 15.4 Å². The summed E-state index contributed by atoms with van der Waals surface area (Å²) in [6.07, 6.45) is 2.08. The zero-order chi connectivity index (χ0) is 25.9. The monoisotopic (exact) mass is 503 g/mol. The summed E-state index contributed by atoms with van der Waals surface area (Å²) >= 11 is 0. The number of fused-ring (bicyclic) bond motifs is 1. The predicted molar refractivity (Wildman–Crippen MR) is 140 cm³/mol. The Morgan fingerprint density at radius 3 is 2.73 bits per heavy atom. The molecule has 9 nitrogen and oxygen atoms in total. The van der Waals surface area contributed by atoms with E-state index in [2.05, 4.69) is 20.8 Å². The summed E-state index contributed by atoms with van der Waals surface area (Å²) in [5.41, 5.74) is 4.62. The summed E-state index contributed by atoms with van der Waals surface area (Å²) in [4.78, 5) is 26.8. The lowest BCUT2D eigenvalue weighted by molar-refractivity contribution is 0.0766. The quantitative estimate of drug-likeness (QED) is 0.395. The number of aromatic nitrogens is 2. The Bertz CT molecular complexity index is 1270. The first-order valence-electron chi connectivity index (χ1n) is 12.7. The highest BCUT2D eigenvalue weighted by Gasteiger charge is 2.30. The molecule has 37 heavy (non-hydrogen) atoms. The van der Waals surface area contributed by atoms with Crippen LogP contribution in [0.4, 0.5) is 16.3 Å². The Balaban J connectivity index is 1.18. The molecule has 3 aromatic rings. The van der Waals surface area contributed by atoms with Gasteiger partial charge >= 0.3 is 6.09 Å². The molecule has 2 atom stereocenters. The molecule has 2 aliphatic rings. The molecule has 2 heterocycles. The van der Waals surface area contributed by atoms with Crippen molar-refractivity contribution in [1.82, 2.24) is 20.4 Å². The normalized spacial score (nSPS) is 18.7. The average Bonchev–Trinajstić information content (AvgIpc) is 3.59. The highest BCUT2D eigenvalue weighted by molar-refractivity contribution is 5.99. The van der Waals surface area contributed by atoms with Gasteiger partial charge in [-0.25, -0.2) is 4.79 Å². The number of alkyl carbamates (subject to hydrolysis) is 1. The first-order valence-corrected chi connectivity index (χ1v) is 12.7. The van der Waals surface area contributed by atoms with Crippen LogP contribution in [0.25, 0.3) is 0 Å². The number of benzene rings is 2. The summed E-state index contributed by atoms with van der Waals surface area (Å²) in [5, 5.41) is 13.6. The van der Waals surface area contributed by atoms with E-state index in [1.54, 1.807) is 7.11 Å². The molecule has 1 aromatic heterocycles. The number of nitrogens with zero attached hydrogens (tertiary/aromatic N) is 2. The van der Waals surface area contributed by atoms with Crippen molar-refractivity contribution in [2.75, 3.05) is 12.4 Å². The number of rotatable bonds is 8. The molecule has 3 N–H and O–H groups in total. The lowest BCUT2D eigenvalue weighted by Crippen LogP contribution is -2.33. The van der Waals surface area contributed by atoms with E-state index in [4.69, 9.17) is 9.47 Å². The maximum atomic E-state index is 13.1. The molecule has 2 amide bonds. The zero-order valence-corrected chi connectivity index (χ0v) is 21.4. The summed E-state index contributed by atoms with van der Waals surface area (Å²) in [7, 11) is 1.64. The van der Waals surface area contributed by atoms with Gasteiger partial charge in [-0.15, -0.1) is 0 Å². The standard InChI is InChI=1S/C28H33N5O4/c1-17(2)29-28(35)37-23-11-7-19(12-23)25-14-26(32-31-25)30-21-8-6-20-16-33(27(34)24(20)13-21)15-18-4-9-22(36-3)10-5-18/h4-6,8-10,13-14,17,19,23H,7,11-12,15-16H2,1-3H3,(H,29,35)(H2,30,31,32)/t19-,23+/m0/s1. The molecule has 0 radical (unpaired) electrons. The van der Waals surface area contributed by atoms with Gasteiger partial charge in [0.2, 0.25) is 0 Å². The third-order valence-electron chi connectivity index (χ3n) is 6.90. The number of aromatic amines is 1. The van der Waals surface area contributed by atoms with E-state index in [0.29, 0.717) is 24.5 Å². The van der Waals surface area contributed by atoms with Crippen molar-refractivity contribution in [3.05, 3.63) is 70.9 Å². The topological polar surface area (TPSA) is 109 Å². The highest BCUT2D eigenvalue weighted by atomic mass is 16.6. The van der Waals surface area contributed by atoms with Crippen LogP contribution in [0.3, 0.4) is 0 Å². The molecule has 194 valence electrons. The van der Waals surface area contributed by atoms with Gasteiger partial charge in [0.1, 0.15) is 11.9 Å². The maximum absolute atomic E-state index is 13.1. The maximum Gasteiger partial charge on any atom is 0.407 e. The molecular formula is C28H33N5O4. The Morgan fingerprint density at radius 2 is 1.97 bits per heavy atom. The van der Waals surface area contributed by atoms with Crippen LogP contribution in [-0.2, 0) is 17.8 Å².